The van der Waals surface area contributed by atoms with Gasteiger partial charge in [0.15, 0.2) is 5.78 Å². The quantitative estimate of drug-likeness (QED) is 0.708. The number of amides is 1. The van der Waals surface area contributed by atoms with Crippen LogP contribution in [0.15, 0.2) is 0 Å². The van der Waals surface area contributed by atoms with Crippen LogP contribution in [0.3, 0.4) is 0 Å². The molecule has 0 aromatic heterocycles. The molecule has 1 N–H and O–H groups in total. The molecule has 2 aliphatic heterocycles. The number of likely N-dealkylation sites (tertiary alicyclic amines) is 1. The van der Waals surface area contributed by atoms with Crippen LogP contribution in [0, 0.1) is 0 Å². The lowest BCUT2D eigenvalue weighted by Crippen LogP contribution is -2.59. The van der Waals surface area contributed by atoms with Crippen molar-refractivity contribution in [3.05, 3.63) is 0 Å². The standard InChI is InChI=1S/C13H22N2O3/c1-12(2,3)18-11(17)15-8-10(16)4-5-13(15)6-7-14-9-13/h14H,4-9H2,1-3H3. The van der Waals surface area contributed by atoms with Crippen molar-refractivity contribution in [3.63, 3.8) is 0 Å². The third-order valence-corrected chi connectivity index (χ3v) is 3.61. The fraction of sp³-hybridized carbons (Fsp3) is 0.846. The van der Waals surface area contributed by atoms with E-state index < -0.39 is 5.60 Å². The molecule has 0 bridgehead atoms. The van der Waals surface area contributed by atoms with Gasteiger partial charge >= 0.3 is 6.09 Å². The molecule has 2 saturated heterocycles. The van der Waals surface area contributed by atoms with E-state index in [1.54, 1.807) is 4.90 Å². The van der Waals surface area contributed by atoms with E-state index in [0.29, 0.717) is 6.42 Å². The predicted octanol–water partition coefficient (Wildman–Crippen LogP) is 1.32. The molecule has 0 radical (unpaired) electrons. The van der Waals surface area contributed by atoms with E-state index >= 15 is 0 Å². The van der Waals surface area contributed by atoms with Crippen LogP contribution < -0.4 is 5.32 Å². The van der Waals surface area contributed by atoms with E-state index in [4.69, 9.17) is 4.74 Å². The maximum atomic E-state index is 12.2. The second-order valence-electron chi connectivity index (χ2n) is 6.26. The van der Waals surface area contributed by atoms with Gasteiger partial charge in [-0.3, -0.25) is 9.69 Å². The number of carbonyl (C=O) groups excluding carboxylic acids is 2. The smallest absolute Gasteiger partial charge is 0.411 e. The number of nitrogens with zero attached hydrogens (tertiary/aromatic N) is 1. The average Bonchev–Trinajstić information content (AvgIpc) is 2.69. The highest BCUT2D eigenvalue weighted by Gasteiger charge is 2.47. The minimum absolute atomic E-state index is 0.124. The Bertz CT molecular complexity index is 354. The number of hydrogen-bond donors (Lipinski definition) is 1. The molecule has 2 heterocycles. The first-order valence-corrected chi connectivity index (χ1v) is 6.55. The van der Waals surface area contributed by atoms with Gasteiger partial charge < -0.3 is 10.1 Å². The van der Waals surface area contributed by atoms with Gasteiger partial charge in [-0.25, -0.2) is 4.79 Å². The van der Waals surface area contributed by atoms with Crippen molar-refractivity contribution in [2.75, 3.05) is 19.6 Å². The monoisotopic (exact) mass is 254 g/mol. The first-order chi connectivity index (χ1) is 8.32. The Morgan fingerprint density at radius 2 is 2.11 bits per heavy atom. The van der Waals surface area contributed by atoms with Gasteiger partial charge in [0, 0.05) is 13.0 Å². The second-order valence-corrected chi connectivity index (χ2v) is 6.26. The molecule has 5 heteroatoms. The van der Waals surface area contributed by atoms with Gasteiger partial charge in [0.05, 0.1) is 12.1 Å². The van der Waals surface area contributed by atoms with Crippen LogP contribution in [-0.4, -0.2) is 47.6 Å². The van der Waals surface area contributed by atoms with Crippen molar-refractivity contribution in [2.45, 2.75) is 51.2 Å². The summed E-state index contributed by atoms with van der Waals surface area (Å²) in [5, 5.41) is 3.28. The fourth-order valence-corrected chi connectivity index (χ4v) is 2.68. The molecule has 1 amide bonds. The molecule has 5 nitrogen and oxygen atoms in total. The van der Waals surface area contributed by atoms with E-state index in [0.717, 1.165) is 25.9 Å². The van der Waals surface area contributed by atoms with Crippen molar-refractivity contribution >= 4 is 11.9 Å². The summed E-state index contributed by atoms with van der Waals surface area (Å²) < 4.78 is 5.42. The molecular weight excluding hydrogens is 232 g/mol. The summed E-state index contributed by atoms with van der Waals surface area (Å²) in [4.78, 5) is 25.5. The van der Waals surface area contributed by atoms with Crippen molar-refractivity contribution in [1.29, 1.82) is 0 Å². The number of ketones is 1. The Labute approximate surface area is 108 Å². The molecule has 0 aromatic rings. The van der Waals surface area contributed by atoms with Gasteiger partial charge in [-0.2, -0.15) is 0 Å². The van der Waals surface area contributed by atoms with Crippen LogP contribution in [-0.2, 0) is 9.53 Å². The predicted molar refractivity (Wildman–Crippen MR) is 67.4 cm³/mol. The summed E-state index contributed by atoms with van der Waals surface area (Å²) in [6.45, 7) is 7.38. The molecule has 1 unspecified atom stereocenters. The molecule has 18 heavy (non-hydrogen) atoms. The summed E-state index contributed by atoms with van der Waals surface area (Å²) in [5.41, 5.74) is -0.735. The van der Waals surface area contributed by atoms with Crippen molar-refractivity contribution in [1.82, 2.24) is 10.2 Å². The van der Waals surface area contributed by atoms with E-state index in [-0.39, 0.29) is 24.0 Å². The molecule has 0 aromatic carbocycles. The molecule has 0 aliphatic carbocycles. The number of Topliss-reactive ketones (excluding diaryl/α,β-unsaturated/α-hetero) is 1. The molecule has 0 saturated carbocycles. The molecule has 2 fully saturated rings. The van der Waals surface area contributed by atoms with E-state index in [2.05, 4.69) is 5.32 Å². The Morgan fingerprint density at radius 3 is 2.67 bits per heavy atom. The van der Waals surface area contributed by atoms with Crippen LogP contribution >= 0.6 is 0 Å². The molecule has 2 rings (SSSR count). The zero-order valence-electron chi connectivity index (χ0n) is 11.4. The second kappa shape index (κ2) is 4.53. The first-order valence-electron chi connectivity index (χ1n) is 6.55. The topological polar surface area (TPSA) is 58.6 Å². The summed E-state index contributed by atoms with van der Waals surface area (Å²) >= 11 is 0. The van der Waals surface area contributed by atoms with Gasteiger partial charge in [0.25, 0.3) is 0 Å². The lowest BCUT2D eigenvalue weighted by atomic mass is 9.85. The maximum Gasteiger partial charge on any atom is 0.411 e. The van der Waals surface area contributed by atoms with E-state index in [1.165, 1.54) is 0 Å². The Morgan fingerprint density at radius 1 is 1.39 bits per heavy atom. The molecule has 102 valence electrons. The third kappa shape index (κ3) is 2.66. The molecule has 2 aliphatic rings. The summed E-state index contributed by atoms with van der Waals surface area (Å²) in [6.07, 6.45) is 1.86. The van der Waals surface area contributed by atoms with Gasteiger partial charge in [-0.1, -0.05) is 0 Å². The van der Waals surface area contributed by atoms with Gasteiger partial charge in [-0.05, 0) is 40.2 Å². The minimum atomic E-state index is -0.523. The number of piperidine rings is 1. The summed E-state index contributed by atoms with van der Waals surface area (Å²) in [5.74, 6) is 0.124. The highest BCUT2D eigenvalue weighted by atomic mass is 16.6. The van der Waals surface area contributed by atoms with Crippen molar-refractivity contribution in [3.8, 4) is 0 Å². The summed E-state index contributed by atoms with van der Waals surface area (Å²) in [6, 6.07) is 0. The average molecular weight is 254 g/mol. The van der Waals surface area contributed by atoms with Crippen LogP contribution in [0.1, 0.15) is 40.0 Å². The van der Waals surface area contributed by atoms with Crippen LogP contribution in [0.2, 0.25) is 0 Å². The molecule has 1 atom stereocenters. The maximum absolute atomic E-state index is 12.2. The van der Waals surface area contributed by atoms with Crippen LogP contribution in [0.4, 0.5) is 4.79 Å². The number of ether oxygens (including phenoxy) is 1. The highest BCUT2D eigenvalue weighted by Crippen LogP contribution is 2.33. The van der Waals surface area contributed by atoms with Crippen LogP contribution in [0.25, 0.3) is 0 Å². The van der Waals surface area contributed by atoms with E-state index in [1.807, 2.05) is 20.8 Å². The van der Waals surface area contributed by atoms with Gasteiger partial charge in [0.2, 0.25) is 0 Å². The molecular formula is C13H22N2O3. The third-order valence-electron chi connectivity index (χ3n) is 3.61. The lowest BCUT2D eigenvalue weighted by molar-refractivity contribution is -0.126. The Balaban J connectivity index is 2.15. The van der Waals surface area contributed by atoms with Crippen molar-refractivity contribution < 1.29 is 14.3 Å². The highest BCUT2D eigenvalue weighted by molar-refractivity contribution is 5.86. The zero-order valence-corrected chi connectivity index (χ0v) is 11.4. The first kappa shape index (κ1) is 13.3. The van der Waals surface area contributed by atoms with Gasteiger partial charge in [-0.15, -0.1) is 0 Å². The fourth-order valence-electron chi connectivity index (χ4n) is 2.68. The zero-order chi connectivity index (χ0) is 13.4. The summed E-state index contributed by atoms with van der Waals surface area (Å²) in [7, 11) is 0. The number of nitrogens with one attached hydrogen (secondary N) is 1. The number of carbonyl (C=O) groups is 2. The largest absolute Gasteiger partial charge is 0.444 e. The molecule has 1 spiro atoms. The number of hydrogen-bond acceptors (Lipinski definition) is 4. The van der Waals surface area contributed by atoms with E-state index in [9.17, 15) is 9.59 Å². The van der Waals surface area contributed by atoms with Crippen molar-refractivity contribution in [2.24, 2.45) is 0 Å². The lowest BCUT2D eigenvalue weighted by Gasteiger charge is -2.43. The Kier molecular flexibility index (Phi) is 3.36. The number of rotatable bonds is 0. The van der Waals surface area contributed by atoms with Crippen LogP contribution in [0.5, 0.6) is 0 Å². The Hall–Kier alpha value is -1.10. The normalized spacial score (nSPS) is 28.8. The van der Waals surface area contributed by atoms with Gasteiger partial charge in [0.1, 0.15) is 5.60 Å². The SMILES string of the molecule is CC(C)(C)OC(=O)N1CC(=O)CCC12CCNC2. The minimum Gasteiger partial charge on any atom is -0.444 e.